The zero-order valence-electron chi connectivity index (χ0n) is 10.1. The van der Waals surface area contributed by atoms with Crippen LogP contribution >= 0.6 is 0 Å². The fourth-order valence-corrected chi connectivity index (χ4v) is 3.52. The number of nitrogens with one attached hydrogen (secondary N) is 1. The first-order valence-electron chi connectivity index (χ1n) is 6.56. The molecule has 4 atom stereocenters. The second-order valence-electron chi connectivity index (χ2n) is 5.96. The predicted octanol–water partition coefficient (Wildman–Crippen LogP) is 2.17. The zero-order valence-corrected chi connectivity index (χ0v) is 10.1. The van der Waals surface area contributed by atoms with Gasteiger partial charge in [-0.2, -0.15) is 0 Å². The Morgan fingerprint density at radius 2 is 2.07 bits per heavy atom. The molecule has 2 rings (SSSR count). The van der Waals surface area contributed by atoms with Crippen molar-refractivity contribution in [1.29, 1.82) is 0 Å². The molecule has 2 heteroatoms. The molecule has 15 heavy (non-hydrogen) atoms. The van der Waals surface area contributed by atoms with Crippen molar-refractivity contribution in [3.05, 3.63) is 0 Å². The maximum absolute atomic E-state index is 9.34. The SMILES string of the molecule is CC(C)C[C@@H](CO)N[C@@H]1C[C@H]2CC[C@H]1C2. The Balaban J connectivity index is 1.79. The summed E-state index contributed by atoms with van der Waals surface area (Å²) in [5.41, 5.74) is 0. The molecule has 2 N–H and O–H groups in total. The van der Waals surface area contributed by atoms with Crippen LogP contribution in [0.4, 0.5) is 0 Å². The van der Waals surface area contributed by atoms with Gasteiger partial charge in [0.25, 0.3) is 0 Å². The number of fused-ring (bicyclic) bond motifs is 2. The van der Waals surface area contributed by atoms with Crippen LogP contribution in [0.1, 0.15) is 46.0 Å². The Morgan fingerprint density at radius 3 is 2.53 bits per heavy atom. The van der Waals surface area contributed by atoms with Crippen molar-refractivity contribution in [1.82, 2.24) is 5.32 Å². The van der Waals surface area contributed by atoms with E-state index >= 15 is 0 Å². The highest BCUT2D eigenvalue weighted by Crippen LogP contribution is 2.44. The second-order valence-corrected chi connectivity index (χ2v) is 5.96. The van der Waals surface area contributed by atoms with Crippen LogP contribution in [0.25, 0.3) is 0 Å². The van der Waals surface area contributed by atoms with Gasteiger partial charge in [0, 0.05) is 12.1 Å². The minimum Gasteiger partial charge on any atom is -0.395 e. The second kappa shape index (κ2) is 4.84. The van der Waals surface area contributed by atoms with E-state index in [9.17, 15) is 5.11 Å². The fraction of sp³-hybridized carbons (Fsp3) is 1.00. The Hall–Kier alpha value is -0.0800. The van der Waals surface area contributed by atoms with E-state index in [2.05, 4.69) is 19.2 Å². The Labute approximate surface area is 93.5 Å². The summed E-state index contributed by atoms with van der Waals surface area (Å²) in [7, 11) is 0. The van der Waals surface area contributed by atoms with E-state index < -0.39 is 0 Å². The topological polar surface area (TPSA) is 32.3 Å². The van der Waals surface area contributed by atoms with Crippen LogP contribution in [-0.4, -0.2) is 23.8 Å². The quantitative estimate of drug-likeness (QED) is 0.730. The van der Waals surface area contributed by atoms with Crippen LogP contribution in [0.2, 0.25) is 0 Å². The maximum Gasteiger partial charge on any atom is 0.0584 e. The van der Waals surface area contributed by atoms with Crippen molar-refractivity contribution in [2.24, 2.45) is 17.8 Å². The van der Waals surface area contributed by atoms with Gasteiger partial charge in [0.05, 0.1) is 6.61 Å². The van der Waals surface area contributed by atoms with Crippen LogP contribution in [0.5, 0.6) is 0 Å². The summed E-state index contributed by atoms with van der Waals surface area (Å²) in [6, 6.07) is 1.04. The van der Waals surface area contributed by atoms with E-state index in [0.29, 0.717) is 24.6 Å². The Kier molecular flexibility index (Phi) is 3.68. The van der Waals surface area contributed by atoms with E-state index in [1.54, 1.807) is 0 Å². The number of hydrogen-bond donors (Lipinski definition) is 2. The van der Waals surface area contributed by atoms with Gasteiger partial charge in [0.2, 0.25) is 0 Å². The lowest BCUT2D eigenvalue weighted by atomic mass is 9.93. The van der Waals surface area contributed by atoms with Crippen LogP contribution in [0.3, 0.4) is 0 Å². The average Bonchev–Trinajstić information content (AvgIpc) is 2.77. The molecular weight excluding hydrogens is 186 g/mol. The summed E-state index contributed by atoms with van der Waals surface area (Å²) in [6.07, 6.45) is 6.78. The van der Waals surface area contributed by atoms with Crippen molar-refractivity contribution < 1.29 is 5.11 Å². The summed E-state index contributed by atoms with van der Waals surface area (Å²) in [4.78, 5) is 0. The van der Waals surface area contributed by atoms with Gasteiger partial charge in [-0.15, -0.1) is 0 Å². The van der Waals surface area contributed by atoms with Crippen molar-refractivity contribution >= 4 is 0 Å². The molecule has 0 aromatic rings. The largest absolute Gasteiger partial charge is 0.395 e. The highest BCUT2D eigenvalue weighted by molar-refractivity contribution is 4.95. The molecule has 2 fully saturated rings. The third kappa shape index (κ3) is 2.73. The molecule has 0 amide bonds. The van der Waals surface area contributed by atoms with Crippen molar-refractivity contribution in [2.45, 2.75) is 58.0 Å². The lowest BCUT2D eigenvalue weighted by Crippen LogP contribution is -2.43. The molecule has 2 aliphatic rings. The molecule has 0 unspecified atom stereocenters. The normalized spacial score (nSPS) is 36.4. The van der Waals surface area contributed by atoms with Crippen LogP contribution in [-0.2, 0) is 0 Å². The average molecular weight is 211 g/mol. The molecule has 0 aliphatic heterocycles. The van der Waals surface area contributed by atoms with Gasteiger partial charge in [-0.1, -0.05) is 20.3 Å². The summed E-state index contributed by atoms with van der Waals surface area (Å²) < 4.78 is 0. The fourth-order valence-electron chi connectivity index (χ4n) is 3.52. The van der Waals surface area contributed by atoms with Crippen molar-refractivity contribution in [2.75, 3.05) is 6.61 Å². The third-order valence-electron chi connectivity index (χ3n) is 4.16. The summed E-state index contributed by atoms with van der Waals surface area (Å²) in [5.74, 6) is 2.58. The third-order valence-corrected chi connectivity index (χ3v) is 4.16. The monoisotopic (exact) mass is 211 g/mol. The highest BCUT2D eigenvalue weighted by atomic mass is 16.3. The molecule has 0 radical (unpaired) electrons. The van der Waals surface area contributed by atoms with Gasteiger partial charge < -0.3 is 10.4 Å². The smallest absolute Gasteiger partial charge is 0.0584 e. The molecule has 2 saturated carbocycles. The van der Waals surface area contributed by atoms with Gasteiger partial charge in [-0.25, -0.2) is 0 Å². The molecule has 0 spiro atoms. The predicted molar refractivity (Wildman–Crippen MR) is 62.7 cm³/mol. The lowest BCUT2D eigenvalue weighted by Gasteiger charge is -2.28. The first-order valence-corrected chi connectivity index (χ1v) is 6.56. The molecule has 2 bridgehead atoms. The Bertz CT molecular complexity index is 205. The van der Waals surface area contributed by atoms with Gasteiger partial charge in [-0.05, 0) is 43.4 Å². The molecule has 0 aromatic heterocycles. The lowest BCUT2D eigenvalue weighted by molar-refractivity contribution is 0.197. The minimum atomic E-state index is 0.298. The van der Waals surface area contributed by atoms with E-state index in [4.69, 9.17) is 0 Å². The van der Waals surface area contributed by atoms with Gasteiger partial charge in [0.1, 0.15) is 0 Å². The summed E-state index contributed by atoms with van der Waals surface area (Å²) >= 11 is 0. The van der Waals surface area contributed by atoms with Crippen LogP contribution < -0.4 is 5.32 Å². The standard InChI is InChI=1S/C13H25NO/c1-9(2)5-12(8-15)14-13-7-10-3-4-11(13)6-10/h9-15H,3-8H2,1-2H3/t10-,11-,12-,13+/m0/s1. The number of aliphatic hydroxyl groups is 1. The number of hydrogen-bond acceptors (Lipinski definition) is 2. The molecule has 0 heterocycles. The van der Waals surface area contributed by atoms with E-state index in [1.165, 1.54) is 25.7 Å². The molecule has 2 aliphatic carbocycles. The van der Waals surface area contributed by atoms with Crippen molar-refractivity contribution in [3.63, 3.8) is 0 Å². The number of aliphatic hydroxyl groups excluding tert-OH is 1. The maximum atomic E-state index is 9.34. The molecule has 2 nitrogen and oxygen atoms in total. The van der Waals surface area contributed by atoms with Gasteiger partial charge in [-0.3, -0.25) is 0 Å². The molecule has 0 aromatic carbocycles. The summed E-state index contributed by atoms with van der Waals surface area (Å²) in [6.45, 7) is 4.75. The molecule has 88 valence electrons. The molecular formula is C13H25NO. The van der Waals surface area contributed by atoms with E-state index in [-0.39, 0.29) is 0 Å². The molecule has 0 saturated heterocycles. The first kappa shape index (κ1) is 11.4. The van der Waals surface area contributed by atoms with Crippen LogP contribution in [0.15, 0.2) is 0 Å². The van der Waals surface area contributed by atoms with Gasteiger partial charge >= 0.3 is 0 Å². The zero-order chi connectivity index (χ0) is 10.8. The first-order chi connectivity index (χ1) is 7.19. The van der Waals surface area contributed by atoms with Gasteiger partial charge in [0.15, 0.2) is 0 Å². The minimum absolute atomic E-state index is 0.298. The van der Waals surface area contributed by atoms with E-state index in [0.717, 1.165) is 18.3 Å². The number of rotatable bonds is 5. The highest BCUT2D eigenvalue weighted by Gasteiger charge is 2.39. The summed E-state index contributed by atoms with van der Waals surface area (Å²) in [5, 5.41) is 13.0. The van der Waals surface area contributed by atoms with E-state index in [1.807, 2.05) is 0 Å². The van der Waals surface area contributed by atoms with Crippen molar-refractivity contribution in [3.8, 4) is 0 Å². The Morgan fingerprint density at radius 1 is 1.27 bits per heavy atom. The van der Waals surface area contributed by atoms with Crippen LogP contribution in [0, 0.1) is 17.8 Å².